The summed E-state index contributed by atoms with van der Waals surface area (Å²) in [6.07, 6.45) is 6.69. The first-order valence-corrected chi connectivity index (χ1v) is 21.0. The molecule has 0 fully saturated rings. The summed E-state index contributed by atoms with van der Waals surface area (Å²) in [5.74, 6) is 0. The molecule has 12 rings (SSSR count). The fourth-order valence-electron chi connectivity index (χ4n) is 9.11. The van der Waals surface area contributed by atoms with E-state index in [2.05, 4.69) is 202 Å². The van der Waals surface area contributed by atoms with Gasteiger partial charge in [0.1, 0.15) is 11.2 Å². The quantitative estimate of drug-likeness (QED) is 0.168. The first-order chi connectivity index (χ1) is 29.2. The van der Waals surface area contributed by atoms with Crippen molar-refractivity contribution in [3.63, 3.8) is 0 Å². The van der Waals surface area contributed by atoms with Crippen LogP contribution in [0.15, 0.2) is 208 Å². The number of furan rings is 1. The van der Waals surface area contributed by atoms with Crippen molar-refractivity contribution in [3.8, 4) is 16.8 Å². The molecule has 0 radical (unpaired) electrons. The lowest BCUT2D eigenvalue weighted by molar-refractivity contribution is 0.669. The van der Waals surface area contributed by atoms with Crippen LogP contribution in [0.5, 0.6) is 0 Å². The molecule has 0 N–H and O–H groups in total. The second-order valence-electron chi connectivity index (χ2n) is 15.3. The van der Waals surface area contributed by atoms with Crippen LogP contribution >= 0.6 is 11.8 Å². The molecule has 10 aromatic rings. The maximum Gasteiger partial charge on any atom is 0.135 e. The molecular weight excluding hydrogens is 739 g/mol. The van der Waals surface area contributed by atoms with Gasteiger partial charge in [-0.25, -0.2) is 0 Å². The maximum absolute atomic E-state index is 6.19. The van der Waals surface area contributed by atoms with Crippen molar-refractivity contribution >= 4 is 84.8 Å². The second-order valence-corrected chi connectivity index (χ2v) is 16.3. The van der Waals surface area contributed by atoms with E-state index in [1.54, 1.807) is 0 Å². The van der Waals surface area contributed by atoms with Gasteiger partial charge in [0.2, 0.25) is 0 Å². The highest BCUT2D eigenvalue weighted by atomic mass is 32.2. The third-order valence-corrected chi connectivity index (χ3v) is 12.9. The Kier molecular flexibility index (Phi) is 7.88. The van der Waals surface area contributed by atoms with Crippen LogP contribution in [0.1, 0.15) is 17.7 Å². The fourth-order valence-corrected chi connectivity index (χ4v) is 10.2. The van der Waals surface area contributed by atoms with Gasteiger partial charge < -0.3 is 18.8 Å². The minimum Gasteiger partial charge on any atom is -0.456 e. The number of aromatic nitrogens is 1. The molecule has 1 aliphatic heterocycles. The largest absolute Gasteiger partial charge is 0.456 e. The Balaban J connectivity index is 0.932. The molecule has 8 aromatic carbocycles. The van der Waals surface area contributed by atoms with E-state index in [1.165, 1.54) is 54.5 Å². The topological polar surface area (TPSA) is 24.6 Å². The molecule has 0 unspecified atom stereocenters. The Morgan fingerprint density at radius 2 is 1.15 bits per heavy atom. The van der Waals surface area contributed by atoms with Crippen molar-refractivity contribution in [1.82, 2.24) is 4.57 Å². The summed E-state index contributed by atoms with van der Waals surface area (Å²) < 4.78 is 8.63. The number of hydrogen-bond acceptors (Lipinski definition) is 4. The molecule has 0 spiro atoms. The number of fused-ring (bicyclic) bond motifs is 8. The molecule has 5 heteroatoms. The molecular formula is C54H37N3OS. The van der Waals surface area contributed by atoms with Crippen molar-refractivity contribution in [2.45, 2.75) is 22.6 Å². The molecule has 0 saturated carbocycles. The third-order valence-electron chi connectivity index (χ3n) is 11.8. The first-order valence-electron chi connectivity index (χ1n) is 20.2. The minimum absolute atomic E-state index is 0.916. The van der Waals surface area contributed by atoms with Gasteiger partial charge in [-0.3, -0.25) is 0 Å². The molecule has 0 saturated heterocycles. The normalized spacial score (nSPS) is 13.1. The molecule has 2 aliphatic rings. The van der Waals surface area contributed by atoms with Gasteiger partial charge in [0.15, 0.2) is 0 Å². The van der Waals surface area contributed by atoms with Crippen molar-refractivity contribution in [2.24, 2.45) is 0 Å². The predicted octanol–water partition coefficient (Wildman–Crippen LogP) is 15.6. The average molecular weight is 776 g/mol. The monoisotopic (exact) mass is 775 g/mol. The minimum atomic E-state index is 0.916. The smallest absolute Gasteiger partial charge is 0.135 e. The standard InChI is InChI=1S/C54H37N3OS/c1-3-13-38(14-4-1)55(39-15-5-2-6-16-39)40-25-27-41(28-26-40)56-49-20-10-12-22-53(49)59-54-34-37(24-31-50(54)56)36-23-30-48-45(33-36)43-17-7-9-19-47(43)57(48)42-29-32-52-46(35-42)44-18-8-11-21-51(44)58-52/h1-6,8-16,18-35H,7,17H2. The van der Waals surface area contributed by atoms with E-state index in [1.807, 2.05) is 23.9 Å². The average Bonchev–Trinajstić information content (AvgIpc) is 3.84. The third kappa shape index (κ3) is 5.61. The van der Waals surface area contributed by atoms with E-state index in [0.717, 1.165) is 63.2 Å². The number of nitrogens with zero attached hydrogens (tertiary/aromatic N) is 3. The number of rotatable bonds is 6. The van der Waals surface area contributed by atoms with Crippen LogP contribution in [0.2, 0.25) is 0 Å². The maximum atomic E-state index is 6.19. The van der Waals surface area contributed by atoms with Gasteiger partial charge in [-0.1, -0.05) is 96.7 Å². The zero-order valence-corrected chi connectivity index (χ0v) is 32.9. The van der Waals surface area contributed by atoms with Crippen LogP contribution < -0.4 is 9.80 Å². The molecule has 0 atom stereocenters. The number of aryl methyl sites for hydroxylation is 1. The highest BCUT2D eigenvalue weighted by Crippen LogP contribution is 2.53. The van der Waals surface area contributed by atoms with Crippen LogP contribution in [0.4, 0.5) is 34.1 Å². The van der Waals surface area contributed by atoms with E-state index in [0.29, 0.717) is 0 Å². The van der Waals surface area contributed by atoms with Crippen LogP contribution in [0, 0.1) is 0 Å². The zero-order chi connectivity index (χ0) is 38.9. The van der Waals surface area contributed by atoms with Gasteiger partial charge in [-0.15, -0.1) is 0 Å². The lowest BCUT2D eigenvalue weighted by Crippen LogP contribution is -2.15. The zero-order valence-electron chi connectivity index (χ0n) is 32.1. The van der Waals surface area contributed by atoms with Crippen LogP contribution in [-0.4, -0.2) is 4.57 Å². The molecule has 0 bridgehead atoms. The summed E-state index contributed by atoms with van der Waals surface area (Å²) in [7, 11) is 0. The molecule has 59 heavy (non-hydrogen) atoms. The lowest BCUT2D eigenvalue weighted by Gasteiger charge is -2.33. The van der Waals surface area contributed by atoms with Crippen molar-refractivity contribution in [3.05, 3.63) is 205 Å². The Bertz CT molecular complexity index is 3210. The fraction of sp³-hybridized carbons (Fsp3) is 0.0370. The SMILES string of the molecule is C1=Cc2c(c3cc(-c4ccc5c(c4)Sc4ccccc4N5c4ccc(N(c5ccccc5)c5ccccc5)cc4)ccc3n2-c2ccc3oc4ccccc4c3c2)CC1. The van der Waals surface area contributed by atoms with Crippen molar-refractivity contribution in [1.29, 1.82) is 0 Å². The number of anilines is 6. The summed E-state index contributed by atoms with van der Waals surface area (Å²) in [4.78, 5) is 7.20. The van der Waals surface area contributed by atoms with E-state index < -0.39 is 0 Å². The highest BCUT2D eigenvalue weighted by molar-refractivity contribution is 7.99. The molecule has 2 aromatic heterocycles. The van der Waals surface area contributed by atoms with Gasteiger partial charge in [0.05, 0.1) is 16.9 Å². The van der Waals surface area contributed by atoms with E-state index in [-0.39, 0.29) is 0 Å². The molecule has 280 valence electrons. The van der Waals surface area contributed by atoms with Gasteiger partial charge in [0.25, 0.3) is 0 Å². The van der Waals surface area contributed by atoms with Crippen molar-refractivity contribution in [2.75, 3.05) is 9.80 Å². The Hall–Kier alpha value is -7.21. The Morgan fingerprint density at radius 1 is 0.492 bits per heavy atom. The Labute approximate surface area is 346 Å². The van der Waals surface area contributed by atoms with Gasteiger partial charge in [0, 0.05) is 60.1 Å². The van der Waals surface area contributed by atoms with Crippen LogP contribution in [0.3, 0.4) is 0 Å². The summed E-state index contributed by atoms with van der Waals surface area (Å²) in [6, 6.07) is 67.8. The Morgan fingerprint density at radius 3 is 1.98 bits per heavy atom. The molecule has 3 heterocycles. The summed E-state index contributed by atoms with van der Waals surface area (Å²) in [6.45, 7) is 0. The number of para-hydroxylation sites is 4. The van der Waals surface area contributed by atoms with Gasteiger partial charge in [-0.05, 0) is 145 Å². The van der Waals surface area contributed by atoms with Crippen molar-refractivity contribution < 1.29 is 4.42 Å². The highest BCUT2D eigenvalue weighted by Gasteiger charge is 2.26. The summed E-state index contributed by atoms with van der Waals surface area (Å²) in [5, 5.41) is 3.61. The van der Waals surface area contributed by atoms with Crippen LogP contribution in [-0.2, 0) is 6.42 Å². The predicted molar refractivity (Wildman–Crippen MR) is 247 cm³/mol. The van der Waals surface area contributed by atoms with Crippen LogP contribution in [0.25, 0.3) is 55.7 Å². The van der Waals surface area contributed by atoms with Gasteiger partial charge in [-0.2, -0.15) is 0 Å². The second kappa shape index (κ2) is 13.7. The number of hydrogen-bond donors (Lipinski definition) is 0. The first kappa shape index (κ1) is 33.9. The summed E-state index contributed by atoms with van der Waals surface area (Å²) in [5.41, 5.74) is 16.2. The number of allylic oxidation sites excluding steroid dienone is 1. The molecule has 1 aliphatic carbocycles. The van der Waals surface area contributed by atoms with E-state index in [9.17, 15) is 0 Å². The molecule has 0 amide bonds. The lowest BCUT2D eigenvalue weighted by atomic mass is 9.97. The van der Waals surface area contributed by atoms with Gasteiger partial charge >= 0.3 is 0 Å². The van der Waals surface area contributed by atoms with E-state index >= 15 is 0 Å². The summed E-state index contributed by atoms with van der Waals surface area (Å²) >= 11 is 1.85. The molecule has 4 nitrogen and oxygen atoms in total. The number of benzene rings is 8. The van der Waals surface area contributed by atoms with E-state index in [4.69, 9.17) is 4.42 Å².